The Morgan fingerprint density at radius 1 is 1.47 bits per heavy atom. The third kappa shape index (κ3) is 2.98. The minimum Gasteiger partial charge on any atom is -0.493 e. The van der Waals surface area contributed by atoms with Crippen LogP contribution in [0.5, 0.6) is 5.75 Å². The summed E-state index contributed by atoms with van der Waals surface area (Å²) in [4.78, 5) is 10.3. The van der Waals surface area contributed by atoms with E-state index in [1.807, 2.05) is 12.1 Å². The highest BCUT2D eigenvalue weighted by Crippen LogP contribution is 2.32. The Kier molecular flexibility index (Phi) is 3.92. The maximum atomic E-state index is 10.3. The van der Waals surface area contributed by atoms with Gasteiger partial charge in [-0.2, -0.15) is 0 Å². The Labute approximate surface area is 114 Å². The summed E-state index contributed by atoms with van der Waals surface area (Å²) < 4.78 is 10.8. The monoisotopic (exact) mass is 278 g/mol. The number of allylic oxidation sites excluding steroid dienone is 2. The topological polar surface area (TPSA) is 59.7 Å². The van der Waals surface area contributed by atoms with Crippen molar-refractivity contribution >= 4 is 33.6 Å². The van der Waals surface area contributed by atoms with Crippen LogP contribution in [0, 0.1) is 0 Å². The molecule has 0 amide bonds. The molecule has 1 aromatic heterocycles. The van der Waals surface area contributed by atoms with Gasteiger partial charge in [0.05, 0.1) is 12.1 Å². The van der Waals surface area contributed by atoms with E-state index in [1.54, 1.807) is 19.2 Å². The first-order valence-electron chi connectivity index (χ1n) is 5.45. The number of hydrogen-bond acceptors (Lipinski definition) is 3. The zero-order chi connectivity index (χ0) is 13.8. The minimum atomic E-state index is -1.04. The summed E-state index contributed by atoms with van der Waals surface area (Å²) in [5.41, 5.74) is 0.605. The number of carbonyl (C=O) groups is 1. The van der Waals surface area contributed by atoms with Crippen LogP contribution in [0.2, 0.25) is 0 Å². The fourth-order valence-corrected chi connectivity index (χ4v) is 1.78. The van der Waals surface area contributed by atoms with E-state index >= 15 is 0 Å². The van der Waals surface area contributed by atoms with Crippen LogP contribution in [0.25, 0.3) is 16.0 Å². The normalized spacial score (nSPS) is 12.2. The van der Waals surface area contributed by atoms with E-state index in [1.165, 1.54) is 12.2 Å². The number of hydrogen-bond donors (Lipinski definition) is 1. The van der Waals surface area contributed by atoms with Crippen LogP contribution in [0.4, 0.5) is 0 Å². The standard InChI is InChI=1S/C14H11ClO4/c1-18-11-6-2-4-9-8-12(19-14(9)11)10(15)5-3-7-13(16)17/h2-8H,1H3,(H,16,17)/b7-3+,10-5+. The van der Waals surface area contributed by atoms with Crippen molar-refractivity contribution in [3.8, 4) is 5.75 Å². The van der Waals surface area contributed by atoms with Crippen molar-refractivity contribution in [2.24, 2.45) is 0 Å². The average Bonchev–Trinajstić information content (AvgIpc) is 2.81. The molecule has 2 rings (SSSR count). The van der Waals surface area contributed by atoms with Crippen LogP contribution in [-0.2, 0) is 4.79 Å². The molecule has 0 aliphatic rings. The second-order valence-corrected chi connectivity index (χ2v) is 4.11. The van der Waals surface area contributed by atoms with E-state index < -0.39 is 5.97 Å². The van der Waals surface area contributed by atoms with Gasteiger partial charge in [-0.05, 0) is 18.2 Å². The van der Waals surface area contributed by atoms with Crippen molar-refractivity contribution in [2.45, 2.75) is 0 Å². The largest absolute Gasteiger partial charge is 0.493 e. The van der Waals surface area contributed by atoms with Gasteiger partial charge in [0.2, 0.25) is 0 Å². The van der Waals surface area contributed by atoms with Gasteiger partial charge in [-0.15, -0.1) is 0 Å². The number of carboxylic acid groups (broad SMARTS) is 1. The summed E-state index contributed by atoms with van der Waals surface area (Å²) in [6.45, 7) is 0. The van der Waals surface area contributed by atoms with Gasteiger partial charge < -0.3 is 14.3 Å². The Bertz CT molecular complexity index is 667. The predicted molar refractivity (Wildman–Crippen MR) is 73.4 cm³/mol. The fourth-order valence-electron chi connectivity index (χ4n) is 1.61. The maximum absolute atomic E-state index is 10.3. The van der Waals surface area contributed by atoms with E-state index in [4.69, 9.17) is 25.9 Å². The van der Waals surface area contributed by atoms with Gasteiger partial charge in [0.1, 0.15) is 5.76 Å². The lowest BCUT2D eigenvalue weighted by atomic mass is 10.2. The van der Waals surface area contributed by atoms with E-state index in [9.17, 15) is 4.79 Å². The molecule has 2 aromatic rings. The van der Waals surface area contributed by atoms with Gasteiger partial charge in [-0.25, -0.2) is 4.79 Å². The van der Waals surface area contributed by atoms with E-state index in [0.717, 1.165) is 11.5 Å². The van der Waals surface area contributed by atoms with Crippen LogP contribution in [0.3, 0.4) is 0 Å². The summed E-state index contributed by atoms with van der Waals surface area (Å²) in [6.07, 6.45) is 3.79. The smallest absolute Gasteiger partial charge is 0.328 e. The zero-order valence-corrected chi connectivity index (χ0v) is 10.8. The molecule has 5 heteroatoms. The Hall–Kier alpha value is -2.20. The second kappa shape index (κ2) is 5.63. The van der Waals surface area contributed by atoms with Crippen molar-refractivity contribution in [3.63, 3.8) is 0 Å². The van der Waals surface area contributed by atoms with Crippen LogP contribution in [0.15, 0.2) is 46.9 Å². The highest BCUT2D eigenvalue weighted by Gasteiger charge is 2.10. The summed E-state index contributed by atoms with van der Waals surface area (Å²) in [6, 6.07) is 7.29. The average molecular weight is 279 g/mol. The summed E-state index contributed by atoms with van der Waals surface area (Å²) in [5, 5.41) is 9.66. The molecule has 0 aliphatic heterocycles. The highest BCUT2D eigenvalue weighted by atomic mass is 35.5. The minimum absolute atomic E-state index is 0.316. The molecule has 0 atom stereocenters. The Balaban J connectivity index is 2.38. The van der Waals surface area contributed by atoms with Gasteiger partial charge in [-0.3, -0.25) is 0 Å². The first-order valence-corrected chi connectivity index (χ1v) is 5.83. The quantitative estimate of drug-likeness (QED) is 0.685. The first kappa shape index (κ1) is 13.2. The number of fused-ring (bicyclic) bond motifs is 1. The van der Waals surface area contributed by atoms with E-state index in [0.29, 0.717) is 22.1 Å². The number of aliphatic carboxylic acids is 1. The van der Waals surface area contributed by atoms with Crippen molar-refractivity contribution in [1.29, 1.82) is 0 Å². The van der Waals surface area contributed by atoms with Crippen molar-refractivity contribution < 1.29 is 19.1 Å². The number of para-hydroxylation sites is 1. The molecule has 0 saturated heterocycles. The third-order valence-corrected chi connectivity index (χ3v) is 2.76. The van der Waals surface area contributed by atoms with Gasteiger partial charge in [0, 0.05) is 11.5 Å². The maximum Gasteiger partial charge on any atom is 0.328 e. The Morgan fingerprint density at radius 2 is 2.26 bits per heavy atom. The van der Waals surface area contributed by atoms with Gasteiger partial charge >= 0.3 is 5.97 Å². The molecule has 19 heavy (non-hydrogen) atoms. The number of benzene rings is 1. The number of halogens is 1. The number of methoxy groups -OCH3 is 1. The van der Waals surface area contributed by atoms with Crippen molar-refractivity contribution in [2.75, 3.05) is 7.11 Å². The lowest BCUT2D eigenvalue weighted by Crippen LogP contribution is -1.84. The molecule has 0 aliphatic carbocycles. The van der Waals surface area contributed by atoms with Crippen molar-refractivity contribution in [1.82, 2.24) is 0 Å². The second-order valence-electron chi connectivity index (χ2n) is 3.70. The van der Waals surface area contributed by atoms with E-state index in [2.05, 4.69) is 0 Å². The van der Waals surface area contributed by atoms with Crippen LogP contribution in [-0.4, -0.2) is 18.2 Å². The molecular formula is C14H11ClO4. The molecule has 1 N–H and O–H groups in total. The van der Waals surface area contributed by atoms with Gasteiger partial charge in [0.25, 0.3) is 0 Å². The highest BCUT2D eigenvalue weighted by molar-refractivity contribution is 6.48. The van der Waals surface area contributed by atoms with Gasteiger partial charge in [0.15, 0.2) is 11.3 Å². The number of ether oxygens (including phenoxy) is 1. The molecule has 0 radical (unpaired) electrons. The predicted octanol–water partition coefficient (Wildman–Crippen LogP) is 3.66. The molecule has 0 saturated carbocycles. The first-order chi connectivity index (χ1) is 9.11. The molecule has 1 aromatic carbocycles. The number of rotatable bonds is 4. The van der Waals surface area contributed by atoms with Crippen LogP contribution < -0.4 is 4.74 Å². The third-order valence-electron chi connectivity index (χ3n) is 2.44. The summed E-state index contributed by atoms with van der Waals surface area (Å²) in [7, 11) is 1.56. The molecule has 1 heterocycles. The molecular weight excluding hydrogens is 268 g/mol. The van der Waals surface area contributed by atoms with Gasteiger partial charge in [-0.1, -0.05) is 29.8 Å². The molecule has 0 bridgehead atoms. The Morgan fingerprint density at radius 3 is 2.95 bits per heavy atom. The molecule has 0 fully saturated rings. The molecule has 0 spiro atoms. The van der Waals surface area contributed by atoms with Crippen LogP contribution in [0.1, 0.15) is 5.76 Å². The lowest BCUT2D eigenvalue weighted by Gasteiger charge is -1.98. The summed E-state index contributed by atoms with van der Waals surface area (Å²) in [5.74, 6) is 0.0393. The number of furan rings is 1. The SMILES string of the molecule is COc1cccc2cc(/C(Cl)=C\C=C\C(=O)O)oc12. The van der Waals surface area contributed by atoms with Crippen LogP contribution >= 0.6 is 11.6 Å². The molecule has 4 nitrogen and oxygen atoms in total. The van der Waals surface area contributed by atoms with Crippen molar-refractivity contribution in [3.05, 3.63) is 48.3 Å². The summed E-state index contributed by atoms with van der Waals surface area (Å²) >= 11 is 6.04. The molecule has 98 valence electrons. The zero-order valence-electron chi connectivity index (χ0n) is 10.1. The fraction of sp³-hybridized carbons (Fsp3) is 0.0714. The van der Waals surface area contributed by atoms with E-state index in [-0.39, 0.29) is 0 Å². The molecule has 0 unspecified atom stereocenters. The lowest BCUT2D eigenvalue weighted by molar-refractivity contribution is -0.131. The number of carboxylic acids is 1.